The largest absolute Gasteiger partial charge is 0.343 e. The molecule has 3 aromatic rings. The summed E-state index contributed by atoms with van der Waals surface area (Å²) in [4.78, 5) is 30.6. The molecule has 0 saturated carbocycles. The van der Waals surface area contributed by atoms with Gasteiger partial charge in [-0.05, 0) is 23.8 Å². The topological polar surface area (TPSA) is 88.3 Å². The number of rotatable bonds is 6. The Hall–Kier alpha value is -3.26. The van der Waals surface area contributed by atoms with Gasteiger partial charge in [-0.1, -0.05) is 47.1 Å². The molecule has 154 valence electrons. The number of nitrogens with zero attached hydrogens (tertiary/aromatic N) is 3. The van der Waals surface area contributed by atoms with Crippen LogP contribution in [-0.4, -0.2) is 33.4 Å². The SMILES string of the molecule is O=C(NCc1nc(C2CC(=O)N(Cc3ccccc3)C2)no1)c1ccc(F)c(Cl)c1. The Bertz CT molecular complexity index is 1070. The van der Waals surface area contributed by atoms with Gasteiger partial charge >= 0.3 is 0 Å². The van der Waals surface area contributed by atoms with Crippen molar-refractivity contribution in [1.82, 2.24) is 20.4 Å². The molecule has 1 aliphatic heterocycles. The minimum absolute atomic E-state index is 0.00915. The monoisotopic (exact) mass is 428 g/mol. The van der Waals surface area contributed by atoms with Crippen molar-refractivity contribution in [2.75, 3.05) is 6.54 Å². The van der Waals surface area contributed by atoms with Crippen molar-refractivity contribution in [1.29, 1.82) is 0 Å². The van der Waals surface area contributed by atoms with Gasteiger partial charge in [-0.2, -0.15) is 4.98 Å². The van der Waals surface area contributed by atoms with Gasteiger partial charge in [0.1, 0.15) is 5.82 Å². The Morgan fingerprint density at radius 3 is 2.83 bits per heavy atom. The number of nitrogens with one attached hydrogen (secondary N) is 1. The molecule has 1 saturated heterocycles. The van der Waals surface area contributed by atoms with Crippen LogP contribution in [0.4, 0.5) is 4.39 Å². The van der Waals surface area contributed by atoms with E-state index in [1.54, 1.807) is 4.90 Å². The van der Waals surface area contributed by atoms with Gasteiger partial charge in [-0.3, -0.25) is 9.59 Å². The number of likely N-dealkylation sites (tertiary alicyclic amines) is 1. The van der Waals surface area contributed by atoms with Crippen LogP contribution in [0.3, 0.4) is 0 Å². The van der Waals surface area contributed by atoms with Crippen LogP contribution in [0.15, 0.2) is 53.1 Å². The fraction of sp³-hybridized carbons (Fsp3) is 0.238. The van der Waals surface area contributed by atoms with Gasteiger partial charge in [0.2, 0.25) is 11.8 Å². The Morgan fingerprint density at radius 1 is 1.27 bits per heavy atom. The lowest BCUT2D eigenvalue weighted by Gasteiger charge is -2.15. The first-order valence-electron chi connectivity index (χ1n) is 9.37. The minimum Gasteiger partial charge on any atom is -0.343 e. The first-order valence-corrected chi connectivity index (χ1v) is 9.75. The molecule has 0 spiro atoms. The highest BCUT2D eigenvalue weighted by atomic mass is 35.5. The van der Waals surface area contributed by atoms with Crippen molar-refractivity contribution in [2.24, 2.45) is 0 Å². The Morgan fingerprint density at radius 2 is 2.07 bits per heavy atom. The van der Waals surface area contributed by atoms with Crippen LogP contribution >= 0.6 is 11.6 Å². The first kappa shape index (κ1) is 20.0. The molecule has 1 aliphatic rings. The minimum atomic E-state index is -0.595. The number of hydrogen-bond donors (Lipinski definition) is 1. The highest BCUT2D eigenvalue weighted by molar-refractivity contribution is 6.31. The number of hydrogen-bond acceptors (Lipinski definition) is 5. The number of carbonyl (C=O) groups excluding carboxylic acids is 2. The van der Waals surface area contributed by atoms with Gasteiger partial charge in [-0.15, -0.1) is 0 Å². The number of amides is 2. The highest BCUT2D eigenvalue weighted by Gasteiger charge is 2.33. The predicted octanol–water partition coefficient (Wildman–Crippen LogP) is 3.31. The molecule has 9 heteroatoms. The average Bonchev–Trinajstić information content (AvgIpc) is 3.36. The maximum absolute atomic E-state index is 13.2. The van der Waals surface area contributed by atoms with Gasteiger partial charge in [0, 0.05) is 31.0 Å². The molecule has 0 radical (unpaired) electrons. The van der Waals surface area contributed by atoms with Gasteiger partial charge in [-0.25, -0.2) is 4.39 Å². The first-order chi connectivity index (χ1) is 14.5. The summed E-state index contributed by atoms with van der Waals surface area (Å²) in [5.41, 5.74) is 1.28. The van der Waals surface area contributed by atoms with Crippen molar-refractivity contribution in [3.05, 3.63) is 82.2 Å². The summed E-state index contributed by atoms with van der Waals surface area (Å²) in [6.45, 7) is 1.06. The third-order valence-electron chi connectivity index (χ3n) is 4.86. The molecular formula is C21H18ClFN4O3. The van der Waals surface area contributed by atoms with Gasteiger partial charge in [0.25, 0.3) is 5.91 Å². The van der Waals surface area contributed by atoms with E-state index in [9.17, 15) is 14.0 Å². The van der Waals surface area contributed by atoms with Crippen molar-refractivity contribution in [3.8, 4) is 0 Å². The van der Waals surface area contributed by atoms with Gasteiger partial charge in [0.15, 0.2) is 5.82 Å². The summed E-state index contributed by atoms with van der Waals surface area (Å²) in [5, 5.41) is 6.46. The van der Waals surface area contributed by atoms with Crippen molar-refractivity contribution in [3.63, 3.8) is 0 Å². The van der Waals surface area contributed by atoms with Crippen LogP contribution in [0.1, 0.15) is 40.0 Å². The third-order valence-corrected chi connectivity index (χ3v) is 5.15. The zero-order chi connectivity index (χ0) is 21.1. The lowest BCUT2D eigenvalue weighted by Crippen LogP contribution is -2.24. The molecule has 2 aromatic carbocycles. The van der Waals surface area contributed by atoms with E-state index >= 15 is 0 Å². The van der Waals surface area contributed by atoms with E-state index < -0.39 is 11.7 Å². The normalized spacial score (nSPS) is 16.1. The highest BCUT2D eigenvalue weighted by Crippen LogP contribution is 2.27. The van der Waals surface area contributed by atoms with E-state index in [2.05, 4.69) is 15.5 Å². The zero-order valence-corrected chi connectivity index (χ0v) is 16.6. The molecule has 0 aliphatic carbocycles. The van der Waals surface area contributed by atoms with E-state index in [-0.39, 0.29) is 34.8 Å². The molecule has 30 heavy (non-hydrogen) atoms. The standard InChI is InChI=1S/C21H18ClFN4O3/c22-16-8-14(6-7-17(16)23)21(29)24-10-18-25-20(26-30-18)15-9-19(28)27(12-15)11-13-4-2-1-3-5-13/h1-8,15H,9-12H2,(H,24,29). The van der Waals surface area contributed by atoms with E-state index in [0.29, 0.717) is 25.3 Å². The zero-order valence-electron chi connectivity index (χ0n) is 15.8. The van der Waals surface area contributed by atoms with Crippen molar-refractivity contribution < 1.29 is 18.5 Å². The van der Waals surface area contributed by atoms with Crippen LogP contribution in [-0.2, 0) is 17.9 Å². The lowest BCUT2D eigenvalue weighted by molar-refractivity contribution is -0.128. The molecule has 1 N–H and O–H groups in total. The average molecular weight is 429 g/mol. The molecule has 2 heterocycles. The maximum atomic E-state index is 13.2. The molecule has 1 aromatic heterocycles. The number of carbonyl (C=O) groups is 2. The molecule has 7 nitrogen and oxygen atoms in total. The smallest absolute Gasteiger partial charge is 0.251 e. The number of halogens is 2. The van der Waals surface area contributed by atoms with Gasteiger partial charge in [0.05, 0.1) is 11.6 Å². The fourth-order valence-electron chi connectivity index (χ4n) is 3.30. The fourth-order valence-corrected chi connectivity index (χ4v) is 3.48. The third kappa shape index (κ3) is 4.49. The van der Waals surface area contributed by atoms with Crippen LogP contribution in [0.25, 0.3) is 0 Å². The van der Waals surface area contributed by atoms with E-state index in [1.165, 1.54) is 12.1 Å². The Kier molecular flexibility index (Phi) is 5.76. The summed E-state index contributed by atoms with van der Waals surface area (Å²) >= 11 is 5.70. The summed E-state index contributed by atoms with van der Waals surface area (Å²) in [5.74, 6) is -0.501. The van der Waals surface area contributed by atoms with E-state index in [1.807, 2.05) is 30.3 Å². The van der Waals surface area contributed by atoms with E-state index in [0.717, 1.165) is 11.6 Å². The van der Waals surface area contributed by atoms with E-state index in [4.69, 9.17) is 16.1 Å². The van der Waals surface area contributed by atoms with Gasteiger partial charge < -0.3 is 14.7 Å². The molecule has 4 rings (SSSR count). The number of benzene rings is 2. The molecule has 1 unspecified atom stereocenters. The molecule has 2 amide bonds. The second-order valence-corrected chi connectivity index (χ2v) is 7.43. The summed E-state index contributed by atoms with van der Waals surface area (Å²) in [6.07, 6.45) is 0.312. The van der Waals surface area contributed by atoms with Crippen LogP contribution < -0.4 is 5.32 Å². The second kappa shape index (κ2) is 8.62. The van der Waals surface area contributed by atoms with Crippen LogP contribution in [0, 0.1) is 5.82 Å². The molecular weight excluding hydrogens is 411 g/mol. The summed E-state index contributed by atoms with van der Waals surface area (Å²) in [7, 11) is 0. The lowest BCUT2D eigenvalue weighted by atomic mass is 10.1. The summed E-state index contributed by atoms with van der Waals surface area (Å²) in [6, 6.07) is 13.5. The quantitative estimate of drug-likeness (QED) is 0.650. The van der Waals surface area contributed by atoms with Crippen LogP contribution in [0.2, 0.25) is 5.02 Å². The second-order valence-electron chi connectivity index (χ2n) is 7.02. The van der Waals surface area contributed by atoms with Crippen LogP contribution in [0.5, 0.6) is 0 Å². The Labute approximate surface area is 176 Å². The summed E-state index contributed by atoms with van der Waals surface area (Å²) < 4.78 is 18.4. The molecule has 0 bridgehead atoms. The molecule has 1 fully saturated rings. The van der Waals surface area contributed by atoms with Crippen molar-refractivity contribution >= 4 is 23.4 Å². The predicted molar refractivity (Wildman–Crippen MR) is 106 cm³/mol. The Balaban J connectivity index is 1.34. The maximum Gasteiger partial charge on any atom is 0.251 e. The molecule has 1 atom stereocenters. The van der Waals surface area contributed by atoms with Crippen molar-refractivity contribution in [2.45, 2.75) is 25.4 Å². The number of aromatic nitrogens is 2.